The van der Waals surface area contributed by atoms with Crippen LogP contribution in [-0.4, -0.2) is 0 Å². The number of alkyl halides is 6. The van der Waals surface area contributed by atoms with E-state index >= 15 is 0 Å². The van der Waals surface area contributed by atoms with Crippen molar-refractivity contribution in [3.8, 4) is 0 Å². The predicted molar refractivity (Wildman–Crippen MR) is 55.5 cm³/mol. The van der Waals surface area contributed by atoms with Crippen LogP contribution in [-0.2, 0) is 12.4 Å². The summed E-state index contributed by atoms with van der Waals surface area (Å²) in [5.41, 5.74) is -2.66. The summed E-state index contributed by atoms with van der Waals surface area (Å²) in [5, 5.41) is 0. The van der Waals surface area contributed by atoms with Crippen LogP contribution in [0.1, 0.15) is 25.0 Å². The molecule has 0 nitrogen and oxygen atoms in total. The SMILES string of the molecule is CC.FC(F)(F)c1cc(Br)cc(C(F)(F)F)c1. The van der Waals surface area contributed by atoms with Gasteiger partial charge in [-0.05, 0) is 18.2 Å². The second kappa shape index (κ2) is 5.75. The summed E-state index contributed by atoms with van der Waals surface area (Å²) in [6.07, 6.45) is -9.58. The highest BCUT2D eigenvalue weighted by molar-refractivity contribution is 9.10. The summed E-state index contributed by atoms with van der Waals surface area (Å²) in [7, 11) is 0. The van der Waals surface area contributed by atoms with Crippen molar-refractivity contribution in [2.45, 2.75) is 26.2 Å². The van der Waals surface area contributed by atoms with E-state index in [9.17, 15) is 26.3 Å². The predicted octanol–water partition coefficient (Wildman–Crippen LogP) is 5.51. The minimum atomic E-state index is -4.79. The Balaban J connectivity index is 0.00000121. The quantitative estimate of drug-likeness (QED) is 0.552. The Labute approximate surface area is 103 Å². The van der Waals surface area contributed by atoms with Crippen molar-refractivity contribution >= 4 is 15.9 Å². The van der Waals surface area contributed by atoms with Gasteiger partial charge < -0.3 is 0 Å². The van der Waals surface area contributed by atoms with Crippen molar-refractivity contribution < 1.29 is 26.3 Å². The first-order valence-electron chi connectivity index (χ1n) is 4.55. The first-order valence-corrected chi connectivity index (χ1v) is 5.35. The Morgan fingerprint density at radius 3 is 1.29 bits per heavy atom. The van der Waals surface area contributed by atoms with E-state index in [0.717, 1.165) is 0 Å². The van der Waals surface area contributed by atoms with Crippen molar-refractivity contribution in [1.82, 2.24) is 0 Å². The lowest BCUT2D eigenvalue weighted by Gasteiger charge is -2.11. The van der Waals surface area contributed by atoms with E-state index < -0.39 is 23.5 Å². The number of benzene rings is 1. The van der Waals surface area contributed by atoms with Crippen LogP contribution in [0.4, 0.5) is 26.3 Å². The minimum Gasteiger partial charge on any atom is -0.166 e. The zero-order valence-electron chi connectivity index (χ0n) is 8.88. The Hall–Kier alpha value is -0.720. The molecule has 98 valence electrons. The number of rotatable bonds is 0. The van der Waals surface area contributed by atoms with Gasteiger partial charge in [0.1, 0.15) is 0 Å². The van der Waals surface area contributed by atoms with Crippen LogP contribution in [0.5, 0.6) is 0 Å². The maximum atomic E-state index is 12.1. The maximum absolute atomic E-state index is 12.1. The molecule has 0 radical (unpaired) electrons. The third kappa shape index (κ3) is 4.97. The van der Waals surface area contributed by atoms with Gasteiger partial charge in [-0.25, -0.2) is 0 Å². The third-order valence-corrected chi connectivity index (χ3v) is 2.01. The molecule has 0 atom stereocenters. The molecule has 0 saturated heterocycles. The van der Waals surface area contributed by atoms with Gasteiger partial charge in [0.25, 0.3) is 0 Å². The number of hydrogen-bond donors (Lipinski definition) is 0. The lowest BCUT2D eigenvalue weighted by atomic mass is 10.1. The fraction of sp³-hybridized carbons (Fsp3) is 0.400. The fourth-order valence-corrected chi connectivity index (χ4v) is 1.41. The largest absolute Gasteiger partial charge is 0.416 e. The molecule has 0 spiro atoms. The first-order chi connectivity index (χ1) is 7.60. The van der Waals surface area contributed by atoms with Gasteiger partial charge in [0.05, 0.1) is 11.1 Å². The summed E-state index contributed by atoms with van der Waals surface area (Å²) >= 11 is 2.60. The van der Waals surface area contributed by atoms with Gasteiger partial charge in [0.2, 0.25) is 0 Å². The van der Waals surface area contributed by atoms with E-state index in [4.69, 9.17) is 0 Å². The summed E-state index contributed by atoms with van der Waals surface area (Å²) in [4.78, 5) is 0. The first kappa shape index (κ1) is 16.3. The molecule has 0 aliphatic carbocycles. The Kier molecular flexibility index (Phi) is 5.51. The average Bonchev–Trinajstić information content (AvgIpc) is 2.17. The van der Waals surface area contributed by atoms with Crippen molar-refractivity contribution in [3.05, 3.63) is 33.8 Å². The highest BCUT2D eigenvalue weighted by Crippen LogP contribution is 2.37. The lowest BCUT2D eigenvalue weighted by molar-refractivity contribution is -0.143. The van der Waals surface area contributed by atoms with E-state index in [2.05, 4.69) is 15.9 Å². The zero-order chi connectivity index (χ0) is 13.9. The minimum absolute atomic E-state index is 0.0742. The second-order valence-electron chi connectivity index (χ2n) is 2.72. The topological polar surface area (TPSA) is 0 Å². The van der Waals surface area contributed by atoms with Crippen LogP contribution in [0.3, 0.4) is 0 Å². The third-order valence-electron chi connectivity index (χ3n) is 1.55. The molecule has 0 bridgehead atoms. The summed E-state index contributed by atoms with van der Waals surface area (Å²) < 4.78 is 72.6. The number of hydrogen-bond acceptors (Lipinski definition) is 0. The highest BCUT2D eigenvalue weighted by Gasteiger charge is 2.36. The Morgan fingerprint density at radius 1 is 0.765 bits per heavy atom. The molecule has 0 heterocycles. The molecule has 0 aliphatic heterocycles. The smallest absolute Gasteiger partial charge is 0.166 e. The van der Waals surface area contributed by atoms with Crippen LogP contribution >= 0.6 is 15.9 Å². The molecule has 0 aromatic heterocycles. The van der Waals surface area contributed by atoms with E-state index in [1.165, 1.54) is 0 Å². The van der Waals surface area contributed by atoms with Gasteiger partial charge >= 0.3 is 12.4 Å². The fourth-order valence-electron chi connectivity index (χ4n) is 0.917. The van der Waals surface area contributed by atoms with E-state index in [-0.39, 0.29) is 10.5 Å². The normalized spacial score (nSPS) is 11.8. The van der Waals surface area contributed by atoms with Gasteiger partial charge in [-0.15, -0.1) is 0 Å². The van der Waals surface area contributed by atoms with Crippen molar-refractivity contribution in [2.24, 2.45) is 0 Å². The van der Waals surface area contributed by atoms with Gasteiger partial charge in [-0.2, -0.15) is 26.3 Å². The van der Waals surface area contributed by atoms with Crippen LogP contribution in [0.15, 0.2) is 22.7 Å². The lowest BCUT2D eigenvalue weighted by Crippen LogP contribution is -2.10. The van der Waals surface area contributed by atoms with Crippen molar-refractivity contribution in [2.75, 3.05) is 0 Å². The van der Waals surface area contributed by atoms with Crippen LogP contribution in [0.25, 0.3) is 0 Å². The average molecular weight is 323 g/mol. The van der Waals surface area contributed by atoms with E-state index in [1.807, 2.05) is 13.8 Å². The van der Waals surface area contributed by atoms with Crippen LogP contribution in [0.2, 0.25) is 0 Å². The number of halogens is 7. The standard InChI is InChI=1S/C8H3BrF6.C2H6/c9-6-2-4(7(10,11)12)1-5(3-6)8(13,14)15;1-2/h1-3H;1-2H3. The molecule has 1 aromatic carbocycles. The molecule has 0 N–H and O–H groups in total. The van der Waals surface area contributed by atoms with E-state index in [1.54, 1.807) is 0 Å². The summed E-state index contributed by atoms with van der Waals surface area (Å²) in [6.45, 7) is 4.00. The van der Waals surface area contributed by atoms with Gasteiger partial charge in [-0.3, -0.25) is 0 Å². The highest BCUT2D eigenvalue weighted by atomic mass is 79.9. The zero-order valence-corrected chi connectivity index (χ0v) is 10.5. The van der Waals surface area contributed by atoms with Gasteiger partial charge in [0.15, 0.2) is 0 Å². The Morgan fingerprint density at radius 2 is 1.06 bits per heavy atom. The van der Waals surface area contributed by atoms with Crippen molar-refractivity contribution in [3.63, 3.8) is 0 Å². The molecule has 0 unspecified atom stereocenters. The van der Waals surface area contributed by atoms with Crippen LogP contribution in [0, 0.1) is 0 Å². The van der Waals surface area contributed by atoms with Gasteiger partial charge in [0, 0.05) is 4.47 Å². The maximum Gasteiger partial charge on any atom is 0.416 e. The van der Waals surface area contributed by atoms with Gasteiger partial charge in [-0.1, -0.05) is 29.8 Å². The van der Waals surface area contributed by atoms with Crippen LogP contribution < -0.4 is 0 Å². The Bertz CT molecular complexity index is 334. The summed E-state index contributed by atoms with van der Waals surface area (Å²) in [6, 6.07) is 1.26. The molecular formula is C10H9BrF6. The second-order valence-corrected chi connectivity index (χ2v) is 3.64. The monoisotopic (exact) mass is 322 g/mol. The molecule has 1 aromatic rings. The molecule has 0 fully saturated rings. The van der Waals surface area contributed by atoms with E-state index in [0.29, 0.717) is 12.1 Å². The molecule has 0 amide bonds. The molecule has 17 heavy (non-hydrogen) atoms. The molecule has 0 saturated carbocycles. The molecule has 1 rings (SSSR count). The molecule has 7 heteroatoms. The molecular weight excluding hydrogens is 314 g/mol. The van der Waals surface area contributed by atoms with Crippen molar-refractivity contribution in [1.29, 1.82) is 0 Å². The molecule has 0 aliphatic rings. The summed E-state index contributed by atoms with van der Waals surface area (Å²) in [5.74, 6) is 0.